The zero-order chi connectivity index (χ0) is 17.6. The van der Waals surface area contributed by atoms with E-state index in [-0.39, 0.29) is 18.0 Å². The van der Waals surface area contributed by atoms with Gasteiger partial charge in [-0.3, -0.25) is 9.69 Å². The second-order valence-electron chi connectivity index (χ2n) is 5.48. The summed E-state index contributed by atoms with van der Waals surface area (Å²) in [5.41, 5.74) is 0.237. The molecule has 5 nitrogen and oxygen atoms in total. The van der Waals surface area contributed by atoms with Crippen LogP contribution in [-0.4, -0.2) is 62.4 Å². The van der Waals surface area contributed by atoms with Crippen molar-refractivity contribution < 1.29 is 22.7 Å². The van der Waals surface area contributed by atoms with Crippen molar-refractivity contribution in [2.45, 2.75) is 19.1 Å². The van der Waals surface area contributed by atoms with E-state index >= 15 is 0 Å². The van der Waals surface area contributed by atoms with E-state index in [4.69, 9.17) is 4.74 Å². The normalized spacial score (nSPS) is 16.6. The Kier molecular flexibility index (Phi) is 8.47. The molecule has 0 aromatic heterocycles. The Morgan fingerprint density at radius 2 is 1.96 bits per heavy atom. The maximum atomic E-state index is 13.3. The summed E-state index contributed by atoms with van der Waals surface area (Å²) < 4.78 is 45.3. The first-order chi connectivity index (χ1) is 11.4. The van der Waals surface area contributed by atoms with Crippen molar-refractivity contribution >= 4 is 18.3 Å². The predicted molar refractivity (Wildman–Crippen MR) is 91.5 cm³/mol. The van der Waals surface area contributed by atoms with Gasteiger partial charge in [-0.1, -0.05) is 12.1 Å². The summed E-state index contributed by atoms with van der Waals surface area (Å²) in [6.07, 6.45) is -4.40. The number of hydrogen-bond donors (Lipinski definition) is 2. The lowest BCUT2D eigenvalue weighted by Crippen LogP contribution is -2.57. The number of alkyl halides is 3. The maximum Gasteiger partial charge on any atom is 0.405 e. The quantitative estimate of drug-likeness (QED) is 0.792. The molecule has 25 heavy (non-hydrogen) atoms. The van der Waals surface area contributed by atoms with Gasteiger partial charge in [0.15, 0.2) is 0 Å². The van der Waals surface area contributed by atoms with Crippen LogP contribution < -0.4 is 15.4 Å². The minimum Gasteiger partial charge on any atom is -0.493 e. The zero-order valence-electron chi connectivity index (χ0n) is 13.9. The fourth-order valence-corrected chi connectivity index (χ4v) is 2.67. The Morgan fingerprint density at radius 1 is 1.32 bits per heavy atom. The summed E-state index contributed by atoms with van der Waals surface area (Å²) >= 11 is 0. The van der Waals surface area contributed by atoms with Crippen LogP contribution in [0.3, 0.4) is 0 Å². The van der Waals surface area contributed by atoms with Crippen LogP contribution in [-0.2, 0) is 0 Å². The highest BCUT2D eigenvalue weighted by atomic mass is 35.5. The topological polar surface area (TPSA) is 53.6 Å². The highest BCUT2D eigenvalue weighted by Gasteiger charge is 2.43. The Labute approximate surface area is 151 Å². The van der Waals surface area contributed by atoms with Crippen LogP contribution in [0.4, 0.5) is 13.2 Å². The Morgan fingerprint density at radius 3 is 2.56 bits per heavy atom. The molecule has 1 aromatic rings. The molecule has 2 N–H and O–H groups in total. The molecule has 0 aliphatic carbocycles. The van der Waals surface area contributed by atoms with Crippen LogP contribution in [0.15, 0.2) is 24.3 Å². The summed E-state index contributed by atoms with van der Waals surface area (Å²) in [6, 6.07) is 4.82. The van der Waals surface area contributed by atoms with Gasteiger partial charge >= 0.3 is 6.18 Å². The maximum absolute atomic E-state index is 13.3. The van der Waals surface area contributed by atoms with Crippen molar-refractivity contribution in [2.75, 3.05) is 39.3 Å². The minimum atomic E-state index is -4.40. The number of carbonyl (C=O) groups excluding carboxylic acids is 1. The second kappa shape index (κ2) is 9.84. The number of nitrogens with zero attached hydrogens (tertiary/aromatic N) is 1. The van der Waals surface area contributed by atoms with Gasteiger partial charge in [-0.15, -0.1) is 12.4 Å². The Balaban J connectivity index is 0.00000312. The van der Waals surface area contributed by atoms with Gasteiger partial charge in [0.25, 0.3) is 5.91 Å². The van der Waals surface area contributed by atoms with Crippen molar-refractivity contribution in [1.82, 2.24) is 15.5 Å². The fraction of sp³-hybridized carbons (Fsp3) is 0.562. The molecule has 1 aliphatic rings. The fourth-order valence-electron chi connectivity index (χ4n) is 2.67. The van der Waals surface area contributed by atoms with Crippen LogP contribution in [0.2, 0.25) is 0 Å². The van der Waals surface area contributed by atoms with E-state index in [9.17, 15) is 18.0 Å². The van der Waals surface area contributed by atoms with E-state index in [1.54, 1.807) is 25.1 Å². The van der Waals surface area contributed by atoms with Crippen molar-refractivity contribution in [2.24, 2.45) is 0 Å². The molecule has 2 rings (SSSR count). The third kappa shape index (κ3) is 6.05. The van der Waals surface area contributed by atoms with E-state index in [1.165, 1.54) is 11.0 Å². The number of amides is 1. The molecule has 0 spiro atoms. The first-order valence-corrected chi connectivity index (χ1v) is 7.95. The smallest absolute Gasteiger partial charge is 0.405 e. The molecular weight excluding hydrogens is 359 g/mol. The zero-order valence-corrected chi connectivity index (χ0v) is 14.8. The highest BCUT2D eigenvalue weighted by molar-refractivity contribution is 5.96. The van der Waals surface area contributed by atoms with Gasteiger partial charge < -0.3 is 15.4 Å². The van der Waals surface area contributed by atoms with Gasteiger partial charge in [-0.05, 0) is 19.1 Å². The van der Waals surface area contributed by atoms with Gasteiger partial charge in [0.05, 0.1) is 12.2 Å². The van der Waals surface area contributed by atoms with Crippen molar-refractivity contribution in [3.8, 4) is 5.75 Å². The molecule has 0 saturated carbocycles. The average molecular weight is 382 g/mol. The van der Waals surface area contributed by atoms with E-state index < -0.39 is 24.7 Å². The molecule has 9 heteroatoms. The summed E-state index contributed by atoms with van der Waals surface area (Å²) in [6.45, 7) is 3.28. The number of benzene rings is 1. The first-order valence-electron chi connectivity index (χ1n) is 7.95. The van der Waals surface area contributed by atoms with Crippen LogP contribution >= 0.6 is 12.4 Å². The number of ether oxygens (including phenoxy) is 1. The number of rotatable bonds is 6. The molecule has 1 fully saturated rings. The average Bonchev–Trinajstić information content (AvgIpc) is 2.55. The summed E-state index contributed by atoms with van der Waals surface area (Å²) in [4.78, 5) is 13.6. The standard InChI is InChI=1S/C16H22F3N3O2.ClH/c1-2-24-13-6-4-3-5-12(13)15(23)21-11-14(16(17,18)19)22-9-7-20-8-10-22;/h3-6,14,20H,2,7-11H2,1H3,(H,21,23);1H. The number of hydrogen-bond acceptors (Lipinski definition) is 4. The van der Waals surface area contributed by atoms with Crippen LogP contribution in [0, 0.1) is 0 Å². The first kappa shape index (κ1) is 21.5. The van der Waals surface area contributed by atoms with Gasteiger partial charge in [0.2, 0.25) is 0 Å². The molecule has 1 atom stereocenters. The van der Waals surface area contributed by atoms with Crippen LogP contribution in [0.1, 0.15) is 17.3 Å². The predicted octanol–water partition coefficient (Wildman–Crippen LogP) is 2.07. The van der Waals surface area contributed by atoms with E-state index in [0.717, 1.165) is 0 Å². The van der Waals surface area contributed by atoms with Gasteiger partial charge in [-0.25, -0.2) is 0 Å². The lowest BCUT2D eigenvalue weighted by molar-refractivity contribution is -0.183. The third-order valence-corrected chi connectivity index (χ3v) is 3.86. The molecule has 1 aliphatic heterocycles. The Bertz CT molecular complexity index is 552. The SMILES string of the molecule is CCOc1ccccc1C(=O)NCC(N1CCNCC1)C(F)(F)F.Cl. The van der Waals surface area contributed by atoms with Gasteiger partial charge in [-0.2, -0.15) is 13.2 Å². The summed E-state index contributed by atoms with van der Waals surface area (Å²) in [7, 11) is 0. The van der Waals surface area contributed by atoms with E-state index in [2.05, 4.69) is 10.6 Å². The molecule has 1 heterocycles. The minimum absolute atomic E-state index is 0. The molecule has 1 unspecified atom stereocenters. The van der Waals surface area contributed by atoms with Crippen LogP contribution in [0.25, 0.3) is 0 Å². The van der Waals surface area contributed by atoms with Gasteiger partial charge in [0, 0.05) is 32.7 Å². The number of carbonyl (C=O) groups is 1. The third-order valence-electron chi connectivity index (χ3n) is 3.86. The summed E-state index contributed by atoms with van der Waals surface area (Å²) in [5, 5.41) is 5.42. The molecule has 0 bridgehead atoms. The number of halogens is 4. The Hall–Kier alpha value is -1.51. The van der Waals surface area contributed by atoms with E-state index in [0.29, 0.717) is 38.5 Å². The van der Waals surface area contributed by atoms with Crippen molar-refractivity contribution in [1.29, 1.82) is 0 Å². The lowest BCUT2D eigenvalue weighted by Gasteiger charge is -2.35. The van der Waals surface area contributed by atoms with E-state index in [1.807, 2.05) is 0 Å². The molecule has 142 valence electrons. The second-order valence-corrected chi connectivity index (χ2v) is 5.48. The molecule has 0 radical (unpaired) electrons. The lowest BCUT2D eigenvalue weighted by atomic mass is 10.1. The molecule has 1 amide bonds. The molecular formula is C16H23ClF3N3O2. The van der Waals surface area contributed by atoms with Crippen LogP contribution in [0.5, 0.6) is 5.75 Å². The molecule has 1 aromatic carbocycles. The summed E-state index contributed by atoms with van der Waals surface area (Å²) in [5.74, 6) is -0.202. The van der Waals surface area contributed by atoms with Crippen molar-refractivity contribution in [3.05, 3.63) is 29.8 Å². The van der Waals surface area contributed by atoms with Gasteiger partial charge in [0.1, 0.15) is 11.8 Å². The number of piperazine rings is 1. The number of nitrogens with one attached hydrogen (secondary N) is 2. The van der Waals surface area contributed by atoms with Crippen molar-refractivity contribution in [3.63, 3.8) is 0 Å². The monoisotopic (exact) mass is 381 g/mol. The number of para-hydroxylation sites is 1. The molecule has 1 saturated heterocycles. The highest BCUT2D eigenvalue weighted by Crippen LogP contribution is 2.25. The largest absolute Gasteiger partial charge is 0.493 e.